The van der Waals surface area contributed by atoms with E-state index in [4.69, 9.17) is 4.74 Å². The molecule has 0 saturated carbocycles. The molecule has 0 radical (unpaired) electrons. The Morgan fingerprint density at radius 1 is 1.50 bits per heavy atom. The molecule has 124 valence electrons. The highest BCUT2D eigenvalue weighted by molar-refractivity contribution is 7.10. The van der Waals surface area contributed by atoms with Crippen LogP contribution in [0.2, 0.25) is 0 Å². The molecule has 2 heterocycles. The summed E-state index contributed by atoms with van der Waals surface area (Å²) in [7, 11) is 1.95. The van der Waals surface area contributed by atoms with Crippen molar-refractivity contribution in [3.05, 3.63) is 50.8 Å². The Morgan fingerprint density at radius 2 is 2.38 bits per heavy atom. The molecule has 0 aromatic carbocycles. The largest absolute Gasteiger partial charge is 0.489 e. The predicted octanol–water partition coefficient (Wildman–Crippen LogP) is 2.31. The number of hydrogen-bond donors (Lipinski definition) is 1. The van der Waals surface area contributed by atoms with Crippen LogP contribution >= 0.6 is 11.3 Å². The lowest BCUT2D eigenvalue weighted by atomic mass is 9.97. The van der Waals surface area contributed by atoms with E-state index in [1.807, 2.05) is 13.1 Å². The van der Waals surface area contributed by atoms with Crippen molar-refractivity contribution in [3.63, 3.8) is 0 Å². The molecule has 24 heavy (non-hydrogen) atoms. The van der Waals surface area contributed by atoms with Crippen LogP contribution in [0.15, 0.2) is 29.8 Å². The summed E-state index contributed by atoms with van der Waals surface area (Å²) in [4.78, 5) is 5.42. The van der Waals surface area contributed by atoms with E-state index in [2.05, 4.69) is 46.9 Å². The minimum atomic E-state index is 0.0318. The first-order valence-corrected chi connectivity index (χ1v) is 9.05. The molecule has 0 fully saturated rings. The molecule has 0 saturated heterocycles. The van der Waals surface area contributed by atoms with E-state index in [0.717, 1.165) is 35.6 Å². The Bertz CT molecular complexity index is 852. The first-order chi connectivity index (χ1) is 11.7. The molecular formula is C19H21N3OS. The van der Waals surface area contributed by atoms with Crippen LogP contribution in [-0.2, 0) is 4.74 Å². The highest BCUT2D eigenvalue weighted by Crippen LogP contribution is 2.30. The van der Waals surface area contributed by atoms with E-state index < -0.39 is 0 Å². The van der Waals surface area contributed by atoms with Gasteiger partial charge in [0.2, 0.25) is 0 Å². The topological polar surface area (TPSA) is 57.9 Å². The number of aromatic nitrogens is 1. The summed E-state index contributed by atoms with van der Waals surface area (Å²) in [6, 6.07) is 8.33. The number of ether oxygens (including phenoxy) is 1. The molecule has 3 rings (SSSR count). The summed E-state index contributed by atoms with van der Waals surface area (Å²) in [5.41, 5.74) is 0.475. The van der Waals surface area contributed by atoms with Crippen molar-refractivity contribution in [2.45, 2.75) is 25.9 Å². The standard InChI is InChI=1S/C19H21N3OS/c1-13-10-15-14(5-8-22-16(15)12-20)18(11-13)23-17(6-7-21-2)19-4-3-9-24-19/h3-5,8-10,13,17,21H,6-7,11H2,1-2H3. The van der Waals surface area contributed by atoms with Crippen molar-refractivity contribution in [2.24, 2.45) is 5.92 Å². The zero-order valence-corrected chi connectivity index (χ0v) is 14.8. The van der Waals surface area contributed by atoms with Crippen molar-refractivity contribution in [2.75, 3.05) is 13.6 Å². The first kappa shape index (κ1) is 16.7. The Kier molecular flexibility index (Phi) is 5.29. The third kappa shape index (κ3) is 3.50. The van der Waals surface area contributed by atoms with Crippen LogP contribution in [0.1, 0.15) is 36.4 Å². The van der Waals surface area contributed by atoms with E-state index in [0.29, 0.717) is 11.6 Å². The number of rotatable bonds is 6. The number of fused-ring (bicyclic) bond motifs is 1. The summed E-state index contributed by atoms with van der Waals surface area (Å²) in [6.07, 6.45) is 5.61. The Morgan fingerprint density at radius 3 is 3.08 bits per heavy atom. The highest BCUT2D eigenvalue weighted by Gasteiger charge is 2.20. The number of thiophene rings is 1. The smallest absolute Gasteiger partial charge is 0.148 e. The maximum Gasteiger partial charge on any atom is 0.148 e. The normalized spacial score (nSPS) is 17.5. The van der Waals surface area contributed by atoms with E-state index in [1.165, 1.54) is 4.88 Å². The van der Waals surface area contributed by atoms with Gasteiger partial charge in [-0.2, -0.15) is 5.26 Å². The summed E-state index contributed by atoms with van der Waals surface area (Å²) in [5.74, 6) is 1.30. The van der Waals surface area contributed by atoms with Gasteiger partial charge in [0.1, 0.15) is 23.6 Å². The van der Waals surface area contributed by atoms with Gasteiger partial charge in [0.25, 0.3) is 0 Å². The quantitative estimate of drug-likeness (QED) is 0.877. The van der Waals surface area contributed by atoms with E-state index in [9.17, 15) is 5.26 Å². The van der Waals surface area contributed by atoms with Gasteiger partial charge in [-0.1, -0.05) is 19.1 Å². The van der Waals surface area contributed by atoms with Crippen LogP contribution in [-0.4, -0.2) is 18.6 Å². The summed E-state index contributed by atoms with van der Waals surface area (Å²) in [5, 5.41) is 16.5. The third-order valence-corrected chi connectivity index (χ3v) is 5.12. The number of nitriles is 1. The molecule has 0 aliphatic heterocycles. The maximum absolute atomic E-state index is 9.33. The first-order valence-electron chi connectivity index (χ1n) is 8.17. The lowest BCUT2D eigenvalue weighted by Gasteiger charge is -2.23. The number of nitrogens with one attached hydrogen (secondary N) is 1. The molecule has 2 atom stereocenters. The second-order valence-corrected chi connectivity index (χ2v) is 7.00. The fourth-order valence-corrected chi connectivity index (χ4v) is 3.80. The van der Waals surface area contributed by atoms with Crippen LogP contribution in [0, 0.1) is 17.2 Å². The number of hydrogen-bond acceptors (Lipinski definition) is 5. The van der Waals surface area contributed by atoms with Crippen molar-refractivity contribution < 1.29 is 4.74 Å². The fraction of sp³-hybridized carbons (Fsp3) is 0.368. The fourth-order valence-electron chi connectivity index (χ4n) is 3.01. The van der Waals surface area contributed by atoms with Gasteiger partial charge in [0.15, 0.2) is 0 Å². The van der Waals surface area contributed by atoms with Gasteiger partial charge in [-0.3, -0.25) is 0 Å². The van der Waals surface area contributed by atoms with E-state index in [1.54, 1.807) is 17.5 Å². The molecule has 5 heteroatoms. The zero-order chi connectivity index (χ0) is 16.9. The maximum atomic E-state index is 9.33. The summed E-state index contributed by atoms with van der Waals surface area (Å²) >= 11 is 1.72. The van der Waals surface area contributed by atoms with Gasteiger partial charge in [0, 0.05) is 34.4 Å². The monoisotopic (exact) mass is 339 g/mol. The van der Waals surface area contributed by atoms with Gasteiger partial charge in [0.05, 0.1) is 0 Å². The van der Waals surface area contributed by atoms with E-state index in [-0.39, 0.29) is 6.10 Å². The molecule has 1 N–H and O–H groups in total. The van der Waals surface area contributed by atoms with Gasteiger partial charge in [-0.15, -0.1) is 11.3 Å². The van der Waals surface area contributed by atoms with Crippen molar-refractivity contribution in [3.8, 4) is 6.07 Å². The van der Waals surface area contributed by atoms with Crippen LogP contribution in [0.5, 0.6) is 0 Å². The second-order valence-electron chi connectivity index (χ2n) is 6.02. The number of pyridine rings is 1. The summed E-state index contributed by atoms with van der Waals surface area (Å²) in [6.45, 7) is 3.04. The van der Waals surface area contributed by atoms with Gasteiger partial charge >= 0.3 is 0 Å². The molecule has 0 bridgehead atoms. The van der Waals surface area contributed by atoms with Crippen molar-refractivity contribution >= 4 is 23.2 Å². The highest BCUT2D eigenvalue weighted by atomic mass is 32.1. The van der Waals surface area contributed by atoms with Crippen LogP contribution < -0.4 is 15.8 Å². The average molecular weight is 339 g/mol. The van der Waals surface area contributed by atoms with Crippen molar-refractivity contribution in [1.29, 1.82) is 5.26 Å². The molecule has 1 aliphatic carbocycles. The zero-order valence-electron chi connectivity index (χ0n) is 14.0. The predicted molar refractivity (Wildman–Crippen MR) is 96.5 cm³/mol. The Balaban J connectivity index is 2.02. The lowest BCUT2D eigenvalue weighted by Crippen LogP contribution is -2.36. The molecule has 2 aromatic rings. The molecular weight excluding hydrogens is 318 g/mol. The summed E-state index contributed by atoms with van der Waals surface area (Å²) < 4.78 is 6.46. The molecule has 0 spiro atoms. The van der Waals surface area contributed by atoms with Crippen LogP contribution in [0.3, 0.4) is 0 Å². The van der Waals surface area contributed by atoms with Crippen molar-refractivity contribution in [1.82, 2.24) is 10.3 Å². The second kappa shape index (κ2) is 7.61. The van der Waals surface area contributed by atoms with E-state index >= 15 is 0 Å². The Labute approximate surface area is 146 Å². The molecule has 1 aliphatic rings. The molecule has 2 unspecified atom stereocenters. The SMILES string of the molecule is CNCCC(OC1=c2ccnc(C#N)c2=CC(C)C1)c1cccs1. The minimum absolute atomic E-state index is 0.0318. The van der Waals surface area contributed by atoms with Gasteiger partial charge < -0.3 is 10.1 Å². The van der Waals surface area contributed by atoms with Crippen LogP contribution in [0.4, 0.5) is 0 Å². The molecule has 4 nitrogen and oxygen atoms in total. The van der Waals surface area contributed by atoms with Gasteiger partial charge in [-0.05, 0) is 37.0 Å². The van der Waals surface area contributed by atoms with Crippen LogP contribution in [0.25, 0.3) is 11.8 Å². The molecule has 0 amide bonds. The average Bonchev–Trinajstić information content (AvgIpc) is 3.12. The Hall–Kier alpha value is -2.16. The third-order valence-electron chi connectivity index (χ3n) is 4.16. The minimum Gasteiger partial charge on any atom is -0.489 e. The number of nitrogens with zero attached hydrogens (tertiary/aromatic N) is 2. The van der Waals surface area contributed by atoms with Gasteiger partial charge in [-0.25, -0.2) is 4.98 Å². The molecule has 2 aromatic heterocycles. The lowest BCUT2D eigenvalue weighted by molar-refractivity contribution is 0.150.